The van der Waals surface area contributed by atoms with Crippen LogP contribution in [-0.2, 0) is 22.7 Å². The smallest absolute Gasteiger partial charge is 0.251 e. The Morgan fingerprint density at radius 3 is 2.28 bits per heavy atom. The Balaban J connectivity index is 1.15. The van der Waals surface area contributed by atoms with E-state index in [1.165, 1.54) is 5.56 Å². The molecule has 0 unspecified atom stereocenters. The van der Waals surface area contributed by atoms with Gasteiger partial charge in [-0.25, -0.2) is 0 Å². The third-order valence-corrected chi connectivity index (χ3v) is 9.52. The number of benzene rings is 2. The number of piperidine rings is 1. The number of amides is 3. The van der Waals surface area contributed by atoms with E-state index in [1.807, 2.05) is 4.90 Å². The quantitative estimate of drug-likeness (QED) is 0.368. The maximum Gasteiger partial charge on any atom is 0.251 e. The molecule has 0 aromatic heterocycles. The highest BCUT2D eigenvalue weighted by molar-refractivity contribution is 6.00. The monoisotopic (exact) mass is 590 g/mol. The fourth-order valence-corrected chi connectivity index (χ4v) is 6.86. The first-order valence-electron chi connectivity index (χ1n) is 15.9. The lowest BCUT2D eigenvalue weighted by molar-refractivity contribution is -0.163. The van der Waals surface area contributed by atoms with Gasteiger partial charge in [0.1, 0.15) is 23.9 Å². The van der Waals surface area contributed by atoms with E-state index < -0.39 is 17.2 Å². The van der Waals surface area contributed by atoms with Crippen molar-refractivity contribution in [3.8, 4) is 5.75 Å². The van der Waals surface area contributed by atoms with E-state index in [2.05, 4.69) is 46.7 Å². The van der Waals surface area contributed by atoms with Gasteiger partial charge in [0, 0.05) is 45.2 Å². The van der Waals surface area contributed by atoms with Crippen molar-refractivity contribution in [2.45, 2.75) is 95.0 Å². The average molecular weight is 591 g/mol. The fraction of sp³-hybridized carbons (Fsp3) is 0.559. The van der Waals surface area contributed by atoms with Crippen LogP contribution in [0.4, 0.5) is 0 Å². The number of unbranched alkanes of at least 4 members (excludes halogenated alkanes) is 1. The molecule has 43 heavy (non-hydrogen) atoms. The van der Waals surface area contributed by atoms with Crippen LogP contribution in [0, 0.1) is 0 Å². The van der Waals surface area contributed by atoms with E-state index in [0.29, 0.717) is 56.6 Å². The molecule has 9 heteroatoms. The normalized spacial score (nSPS) is 21.6. The van der Waals surface area contributed by atoms with Gasteiger partial charge in [0.15, 0.2) is 0 Å². The van der Waals surface area contributed by atoms with E-state index in [9.17, 15) is 19.5 Å². The molecule has 1 saturated carbocycles. The topological polar surface area (TPSA) is 111 Å². The van der Waals surface area contributed by atoms with E-state index >= 15 is 0 Å². The summed E-state index contributed by atoms with van der Waals surface area (Å²) in [5, 5.41) is 16.6. The Bertz CT molecular complexity index is 1260. The third kappa shape index (κ3) is 7.04. The van der Waals surface area contributed by atoms with Crippen LogP contribution in [0.15, 0.2) is 48.5 Å². The van der Waals surface area contributed by atoms with Gasteiger partial charge in [-0.1, -0.05) is 50.5 Å². The van der Waals surface area contributed by atoms with Gasteiger partial charge in [0.25, 0.3) is 5.91 Å². The van der Waals surface area contributed by atoms with Crippen molar-refractivity contribution in [3.63, 3.8) is 0 Å². The number of hydrogen-bond donors (Lipinski definition) is 3. The highest BCUT2D eigenvalue weighted by Crippen LogP contribution is 2.38. The van der Waals surface area contributed by atoms with Crippen molar-refractivity contribution in [2.75, 3.05) is 26.7 Å². The SMILES string of the molecule is CCCCN1C(=O)[C@@H](CC2(O)CCCC2)NC(=O)C12CCN(Cc1ccc(COc3ccc(C(=O)NC)cc3)cc1)CC2. The van der Waals surface area contributed by atoms with Crippen molar-refractivity contribution in [3.05, 3.63) is 65.2 Å². The molecule has 3 amide bonds. The van der Waals surface area contributed by atoms with Gasteiger partial charge >= 0.3 is 0 Å². The zero-order valence-corrected chi connectivity index (χ0v) is 25.6. The van der Waals surface area contributed by atoms with Crippen LogP contribution in [0.5, 0.6) is 5.75 Å². The Morgan fingerprint density at radius 2 is 1.65 bits per heavy atom. The van der Waals surface area contributed by atoms with Gasteiger partial charge in [0.05, 0.1) is 5.60 Å². The molecule has 0 bridgehead atoms. The molecule has 2 heterocycles. The summed E-state index contributed by atoms with van der Waals surface area (Å²) in [4.78, 5) is 43.4. The number of nitrogens with zero attached hydrogens (tertiary/aromatic N) is 2. The second kappa shape index (κ2) is 13.5. The van der Waals surface area contributed by atoms with Crippen LogP contribution >= 0.6 is 0 Å². The van der Waals surface area contributed by atoms with Crippen molar-refractivity contribution in [1.29, 1.82) is 0 Å². The number of rotatable bonds is 11. The summed E-state index contributed by atoms with van der Waals surface area (Å²) in [6.45, 7) is 5.36. The summed E-state index contributed by atoms with van der Waals surface area (Å²) in [5.74, 6) is 0.501. The van der Waals surface area contributed by atoms with Crippen molar-refractivity contribution >= 4 is 17.7 Å². The summed E-state index contributed by atoms with van der Waals surface area (Å²) in [6, 6.07) is 14.8. The molecule has 1 spiro atoms. The van der Waals surface area contributed by atoms with Crippen LogP contribution in [0.2, 0.25) is 0 Å². The Morgan fingerprint density at radius 1 is 1.00 bits per heavy atom. The first-order chi connectivity index (χ1) is 20.7. The Labute approximate surface area is 255 Å². The standard InChI is InChI=1S/C34H46N4O5/c1-3-4-19-38-31(40)29(22-33(42)15-5-6-16-33)36-32(41)34(38)17-20-37(21-18-34)23-25-7-9-26(10-8-25)24-43-28-13-11-27(12-14-28)30(39)35-2/h7-14,29,42H,3-6,15-24H2,1-2H3,(H,35,39)(H,36,41)/t29-/m1/s1. The molecule has 0 radical (unpaired) electrons. The molecule has 2 aliphatic heterocycles. The van der Waals surface area contributed by atoms with Crippen LogP contribution in [0.1, 0.15) is 86.2 Å². The van der Waals surface area contributed by atoms with Crippen molar-refractivity contribution < 1.29 is 24.2 Å². The van der Waals surface area contributed by atoms with Gasteiger partial charge in [-0.2, -0.15) is 0 Å². The van der Waals surface area contributed by atoms with E-state index in [1.54, 1.807) is 31.3 Å². The number of carbonyl (C=O) groups excluding carboxylic acids is 3. The van der Waals surface area contributed by atoms with Crippen LogP contribution in [0.25, 0.3) is 0 Å². The molecule has 2 aromatic carbocycles. The second-order valence-electron chi connectivity index (χ2n) is 12.5. The number of likely N-dealkylation sites (tertiary alicyclic amines) is 1. The Hall–Kier alpha value is -3.43. The molecule has 2 aromatic rings. The molecule has 9 nitrogen and oxygen atoms in total. The van der Waals surface area contributed by atoms with Crippen molar-refractivity contribution in [2.24, 2.45) is 0 Å². The molecule has 5 rings (SSSR count). The summed E-state index contributed by atoms with van der Waals surface area (Å²) in [6.07, 6.45) is 6.67. The number of aliphatic hydroxyl groups is 1. The lowest BCUT2D eigenvalue weighted by Gasteiger charge is -2.52. The minimum atomic E-state index is -0.848. The maximum atomic E-state index is 13.7. The summed E-state index contributed by atoms with van der Waals surface area (Å²) >= 11 is 0. The van der Waals surface area contributed by atoms with Crippen LogP contribution in [-0.4, -0.2) is 76.5 Å². The Kier molecular flexibility index (Phi) is 9.72. The number of nitrogens with one attached hydrogen (secondary N) is 2. The molecular weight excluding hydrogens is 544 g/mol. The average Bonchev–Trinajstić information content (AvgIpc) is 3.46. The van der Waals surface area contributed by atoms with Crippen LogP contribution < -0.4 is 15.4 Å². The van der Waals surface area contributed by atoms with Gasteiger partial charge in [-0.05, 0) is 67.5 Å². The number of ether oxygens (including phenoxy) is 1. The minimum absolute atomic E-state index is 0.0259. The third-order valence-electron chi connectivity index (χ3n) is 9.52. The van der Waals surface area contributed by atoms with Gasteiger partial charge < -0.3 is 25.4 Å². The van der Waals surface area contributed by atoms with Crippen LogP contribution in [0.3, 0.4) is 0 Å². The number of hydrogen-bond acceptors (Lipinski definition) is 6. The zero-order valence-electron chi connectivity index (χ0n) is 25.6. The highest BCUT2D eigenvalue weighted by atomic mass is 16.5. The summed E-state index contributed by atoms with van der Waals surface area (Å²) in [5.41, 5.74) is 1.18. The predicted molar refractivity (Wildman–Crippen MR) is 164 cm³/mol. The van der Waals surface area contributed by atoms with Gasteiger partial charge in [-0.15, -0.1) is 0 Å². The molecule has 2 saturated heterocycles. The summed E-state index contributed by atoms with van der Waals surface area (Å²) in [7, 11) is 1.61. The largest absolute Gasteiger partial charge is 0.489 e. The highest BCUT2D eigenvalue weighted by Gasteiger charge is 2.54. The first-order valence-corrected chi connectivity index (χ1v) is 15.9. The molecule has 1 aliphatic carbocycles. The first kappa shape index (κ1) is 31.0. The van der Waals surface area contributed by atoms with E-state index in [4.69, 9.17) is 4.74 Å². The van der Waals surface area contributed by atoms with E-state index in [-0.39, 0.29) is 17.7 Å². The number of carbonyl (C=O) groups is 3. The fourth-order valence-electron chi connectivity index (χ4n) is 6.86. The van der Waals surface area contributed by atoms with Gasteiger partial charge in [-0.3, -0.25) is 19.3 Å². The maximum absolute atomic E-state index is 13.7. The molecule has 3 aliphatic rings. The number of piperazine rings is 1. The predicted octanol–water partition coefficient (Wildman–Crippen LogP) is 3.78. The molecular formula is C34H46N4O5. The molecule has 3 N–H and O–H groups in total. The zero-order chi connectivity index (χ0) is 30.5. The molecule has 3 fully saturated rings. The van der Waals surface area contributed by atoms with Crippen molar-refractivity contribution in [1.82, 2.24) is 20.4 Å². The lowest BCUT2D eigenvalue weighted by atomic mass is 9.80. The van der Waals surface area contributed by atoms with Gasteiger partial charge in [0.2, 0.25) is 11.8 Å². The molecule has 232 valence electrons. The minimum Gasteiger partial charge on any atom is -0.489 e. The van der Waals surface area contributed by atoms with E-state index in [0.717, 1.165) is 50.9 Å². The summed E-state index contributed by atoms with van der Waals surface area (Å²) < 4.78 is 5.89. The lowest BCUT2D eigenvalue weighted by Crippen LogP contribution is -2.73. The second-order valence-corrected chi connectivity index (χ2v) is 12.5. The molecule has 1 atom stereocenters.